The van der Waals surface area contributed by atoms with Crippen molar-refractivity contribution in [1.29, 1.82) is 0 Å². The zero-order valence-electron chi connectivity index (χ0n) is 8.82. The van der Waals surface area contributed by atoms with Crippen LogP contribution in [0.1, 0.15) is 18.2 Å². The molecule has 1 fully saturated rings. The van der Waals surface area contributed by atoms with Crippen molar-refractivity contribution in [3.63, 3.8) is 0 Å². The summed E-state index contributed by atoms with van der Waals surface area (Å²) in [5.74, 6) is 0.144. The number of nitrogens with one attached hydrogen (secondary N) is 2. The maximum atomic E-state index is 11.6. The van der Waals surface area contributed by atoms with E-state index < -0.39 is 0 Å². The van der Waals surface area contributed by atoms with Crippen molar-refractivity contribution in [2.24, 2.45) is 0 Å². The number of rotatable bonds is 4. The zero-order chi connectivity index (χ0) is 10.7. The van der Waals surface area contributed by atoms with E-state index in [0.717, 1.165) is 19.4 Å². The summed E-state index contributed by atoms with van der Waals surface area (Å²) in [5.41, 5.74) is 0. The maximum absolute atomic E-state index is 11.6. The van der Waals surface area contributed by atoms with Crippen LogP contribution in [0.15, 0.2) is 17.5 Å². The van der Waals surface area contributed by atoms with Crippen molar-refractivity contribution in [3.05, 3.63) is 22.4 Å². The molecule has 2 heterocycles. The molecule has 2 atom stereocenters. The van der Waals surface area contributed by atoms with Gasteiger partial charge in [0, 0.05) is 17.3 Å². The minimum absolute atomic E-state index is 0.0517. The molecule has 1 aromatic heterocycles. The fourth-order valence-corrected chi connectivity index (χ4v) is 2.47. The molecular formula is C11H16N2OS. The second-order valence-corrected chi connectivity index (χ2v) is 5.02. The molecule has 1 amide bonds. The van der Waals surface area contributed by atoms with Crippen LogP contribution in [-0.4, -0.2) is 24.5 Å². The van der Waals surface area contributed by atoms with Gasteiger partial charge in [-0.05, 0) is 31.3 Å². The number of carbonyl (C=O) groups excluding carboxylic acids is 1. The average Bonchev–Trinajstić information content (AvgIpc) is 2.52. The lowest BCUT2D eigenvalue weighted by molar-refractivity contribution is -0.125. The molecule has 0 radical (unpaired) electrons. The average molecular weight is 224 g/mol. The Balaban J connectivity index is 1.76. The number of carbonyl (C=O) groups is 1. The lowest BCUT2D eigenvalue weighted by atomic mass is 10.1. The lowest BCUT2D eigenvalue weighted by Gasteiger charge is -2.27. The van der Waals surface area contributed by atoms with Crippen LogP contribution in [0.25, 0.3) is 0 Å². The Morgan fingerprint density at radius 1 is 1.80 bits per heavy atom. The Kier molecular flexibility index (Phi) is 3.38. The molecule has 2 rings (SSSR count). The third-order valence-electron chi connectivity index (χ3n) is 2.62. The van der Waals surface area contributed by atoms with E-state index in [1.165, 1.54) is 4.88 Å². The van der Waals surface area contributed by atoms with Crippen molar-refractivity contribution in [3.8, 4) is 0 Å². The highest BCUT2D eigenvalue weighted by Gasteiger charge is 2.25. The predicted molar refractivity (Wildman–Crippen MR) is 62.0 cm³/mol. The van der Waals surface area contributed by atoms with Crippen molar-refractivity contribution >= 4 is 17.2 Å². The SMILES string of the molecule is CC(Cc1cccs1)NC(=O)[C@H]1CCN1. The summed E-state index contributed by atoms with van der Waals surface area (Å²) >= 11 is 1.74. The van der Waals surface area contributed by atoms with Crippen LogP contribution in [0.4, 0.5) is 0 Å². The van der Waals surface area contributed by atoms with Crippen molar-refractivity contribution in [2.75, 3.05) is 6.54 Å². The van der Waals surface area contributed by atoms with E-state index in [0.29, 0.717) is 0 Å². The second-order valence-electron chi connectivity index (χ2n) is 3.99. The van der Waals surface area contributed by atoms with Gasteiger partial charge in [0.2, 0.25) is 5.91 Å². The Labute approximate surface area is 93.9 Å². The van der Waals surface area contributed by atoms with E-state index in [4.69, 9.17) is 0 Å². The molecule has 4 heteroatoms. The van der Waals surface area contributed by atoms with E-state index in [9.17, 15) is 4.79 Å². The molecule has 0 aliphatic carbocycles. The van der Waals surface area contributed by atoms with Crippen LogP contribution in [0.3, 0.4) is 0 Å². The van der Waals surface area contributed by atoms with Crippen LogP contribution in [0.2, 0.25) is 0 Å². The van der Waals surface area contributed by atoms with Crippen LogP contribution in [0.5, 0.6) is 0 Å². The second kappa shape index (κ2) is 4.77. The fourth-order valence-electron chi connectivity index (χ4n) is 1.64. The first-order valence-electron chi connectivity index (χ1n) is 5.32. The smallest absolute Gasteiger partial charge is 0.237 e. The monoisotopic (exact) mass is 224 g/mol. The van der Waals surface area contributed by atoms with Crippen LogP contribution < -0.4 is 10.6 Å². The molecule has 1 saturated heterocycles. The van der Waals surface area contributed by atoms with Crippen molar-refractivity contribution < 1.29 is 4.79 Å². The molecule has 0 bridgehead atoms. The van der Waals surface area contributed by atoms with Crippen LogP contribution in [0, 0.1) is 0 Å². The van der Waals surface area contributed by atoms with Gasteiger partial charge in [0.15, 0.2) is 0 Å². The summed E-state index contributed by atoms with van der Waals surface area (Å²) in [6, 6.07) is 4.42. The van der Waals surface area contributed by atoms with Gasteiger partial charge in [0.25, 0.3) is 0 Å². The van der Waals surface area contributed by atoms with Gasteiger partial charge in [-0.2, -0.15) is 0 Å². The van der Waals surface area contributed by atoms with Gasteiger partial charge >= 0.3 is 0 Å². The summed E-state index contributed by atoms with van der Waals surface area (Å²) in [6.45, 7) is 3.02. The quantitative estimate of drug-likeness (QED) is 0.805. The van der Waals surface area contributed by atoms with Gasteiger partial charge < -0.3 is 10.6 Å². The number of hydrogen-bond donors (Lipinski definition) is 2. The van der Waals surface area contributed by atoms with E-state index in [-0.39, 0.29) is 18.0 Å². The first kappa shape index (κ1) is 10.6. The molecule has 0 saturated carbocycles. The highest BCUT2D eigenvalue weighted by atomic mass is 32.1. The molecule has 1 aliphatic heterocycles. The molecular weight excluding hydrogens is 208 g/mol. The minimum Gasteiger partial charge on any atom is -0.352 e. The van der Waals surface area contributed by atoms with Crippen LogP contribution >= 0.6 is 11.3 Å². The highest BCUT2D eigenvalue weighted by molar-refractivity contribution is 7.09. The van der Waals surface area contributed by atoms with Gasteiger partial charge in [-0.25, -0.2) is 0 Å². The van der Waals surface area contributed by atoms with Crippen molar-refractivity contribution in [1.82, 2.24) is 10.6 Å². The Morgan fingerprint density at radius 2 is 2.60 bits per heavy atom. The van der Waals surface area contributed by atoms with Gasteiger partial charge in [-0.1, -0.05) is 6.07 Å². The Hall–Kier alpha value is -0.870. The standard InChI is InChI=1S/C11H16N2OS/c1-8(7-9-3-2-6-15-9)13-11(14)10-4-5-12-10/h2-3,6,8,10,12H,4-5,7H2,1H3,(H,13,14)/t8?,10-/m1/s1. The number of amides is 1. The third-order valence-corrected chi connectivity index (χ3v) is 3.52. The molecule has 0 aromatic carbocycles. The summed E-state index contributed by atoms with van der Waals surface area (Å²) in [7, 11) is 0. The van der Waals surface area contributed by atoms with E-state index >= 15 is 0 Å². The lowest BCUT2D eigenvalue weighted by Crippen LogP contribution is -2.54. The molecule has 15 heavy (non-hydrogen) atoms. The van der Waals surface area contributed by atoms with Gasteiger partial charge in [0.1, 0.15) is 0 Å². The third kappa shape index (κ3) is 2.79. The summed E-state index contributed by atoms with van der Waals surface area (Å²) in [6.07, 6.45) is 1.90. The van der Waals surface area contributed by atoms with E-state index in [1.54, 1.807) is 11.3 Å². The van der Waals surface area contributed by atoms with Crippen molar-refractivity contribution in [2.45, 2.75) is 31.8 Å². The first-order chi connectivity index (χ1) is 7.25. The summed E-state index contributed by atoms with van der Waals surface area (Å²) in [5, 5.41) is 8.19. The summed E-state index contributed by atoms with van der Waals surface area (Å²) < 4.78 is 0. The highest BCUT2D eigenvalue weighted by Crippen LogP contribution is 2.11. The van der Waals surface area contributed by atoms with Crippen LogP contribution in [-0.2, 0) is 11.2 Å². The molecule has 1 aromatic rings. The molecule has 3 nitrogen and oxygen atoms in total. The molecule has 2 N–H and O–H groups in total. The van der Waals surface area contributed by atoms with Gasteiger partial charge in [-0.15, -0.1) is 11.3 Å². The largest absolute Gasteiger partial charge is 0.352 e. The number of hydrogen-bond acceptors (Lipinski definition) is 3. The minimum atomic E-state index is 0.0517. The van der Waals surface area contributed by atoms with Gasteiger partial charge in [0.05, 0.1) is 6.04 Å². The Morgan fingerprint density at radius 3 is 3.13 bits per heavy atom. The van der Waals surface area contributed by atoms with Gasteiger partial charge in [-0.3, -0.25) is 4.79 Å². The first-order valence-corrected chi connectivity index (χ1v) is 6.20. The fraction of sp³-hybridized carbons (Fsp3) is 0.545. The Bertz CT molecular complexity index is 319. The van der Waals surface area contributed by atoms with E-state index in [1.807, 2.05) is 6.07 Å². The molecule has 82 valence electrons. The van der Waals surface area contributed by atoms with E-state index in [2.05, 4.69) is 29.0 Å². The number of thiophene rings is 1. The zero-order valence-corrected chi connectivity index (χ0v) is 9.64. The summed E-state index contributed by atoms with van der Waals surface area (Å²) in [4.78, 5) is 12.9. The molecule has 0 spiro atoms. The maximum Gasteiger partial charge on any atom is 0.237 e. The molecule has 1 unspecified atom stereocenters. The molecule has 1 aliphatic rings. The normalized spacial score (nSPS) is 21.8. The topological polar surface area (TPSA) is 41.1 Å². The predicted octanol–water partition coefficient (Wildman–Crippen LogP) is 1.16.